The van der Waals surface area contributed by atoms with Gasteiger partial charge in [0.15, 0.2) is 0 Å². The molecule has 0 bridgehead atoms. The molecule has 3 unspecified atom stereocenters. The average Bonchev–Trinajstić information content (AvgIpc) is 2.85. The molecular weight excluding hydrogens is 230 g/mol. The predicted octanol–water partition coefficient (Wildman–Crippen LogP) is 1.42. The Bertz CT molecular complexity index is 231. The quantitative estimate of drug-likeness (QED) is 0.781. The summed E-state index contributed by atoms with van der Waals surface area (Å²) in [5.74, 6) is 0. The van der Waals surface area contributed by atoms with Gasteiger partial charge in [-0.25, -0.2) is 0 Å². The second kappa shape index (κ2) is 7.43. The summed E-state index contributed by atoms with van der Waals surface area (Å²) >= 11 is 0. The number of aliphatic hydroxyl groups is 1. The van der Waals surface area contributed by atoms with Crippen molar-refractivity contribution >= 4 is 0 Å². The van der Waals surface area contributed by atoms with Crippen molar-refractivity contribution in [1.29, 1.82) is 0 Å². The lowest BCUT2D eigenvalue weighted by atomic mass is 10.0. The zero-order chi connectivity index (χ0) is 12.8. The van der Waals surface area contributed by atoms with Crippen LogP contribution in [0.25, 0.3) is 0 Å². The van der Waals surface area contributed by atoms with E-state index >= 15 is 0 Å². The number of ether oxygens (including phenoxy) is 2. The highest BCUT2D eigenvalue weighted by molar-refractivity contribution is 4.75. The number of rotatable bonds is 6. The summed E-state index contributed by atoms with van der Waals surface area (Å²) in [6.07, 6.45) is 5.96. The van der Waals surface area contributed by atoms with E-state index in [2.05, 4.69) is 11.8 Å². The van der Waals surface area contributed by atoms with Gasteiger partial charge in [-0.3, -0.25) is 4.90 Å². The minimum Gasteiger partial charge on any atom is -0.389 e. The van der Waals surface area contributed by atoms with E-state index in [4.69, 9.17) is 9.47 Å². The van der Waals surface area contributed by atoms with Crippen LogP contribution in [0.2, 0.25) is 0 Å². The summed E-state index contributed by atoms with van der Waals surface area (Å²) in [5.41, 5.74) is 0. The van der Waals surface area contributed by atoms with E-state index in [9.17, 15) is 5.11 Å². The van der Waals surface area contributed by atoms with Crippen molar-refractivity contribution in [3.63, 3.8) is 0 Å². The Morgan fingerprint density at radius 2 is 2.22 bits per heavy atom. The molecule has 0 radical (unpaired) electrons. The van der Waals surface area contributed by atoms with Gasteiger partial charge < -0.3 is 14.6 Å². The lowest BCUT2D eigenvalue weighted by Crippen LogP contribution is -2.43. The Kier molecular flexibility index (Phi) is 5.89. The van der Waals surface area contributed by atoms with Crippen molar-refractivity contribution < 1.29 is 14.6 Å². The van der Waals surface area contributed by atoms with Gasteiger partial charge in [-0.15, -0.1) is 0 Å². The summed E-state index contributed by atoms with van der Waals surface area (Å²) in [6, 6.07) is 0.603. The average molecular weight is 257 g/mol. The smallest absolute Gasteiger partial charge is 0.0900 e. The molecular formula is C14H27NO3. The second-order valence-electron chi connectivity index (χ2n) is 5.67. The van der Waals surface area contributed by atoms with Crippen LogP contribution in [0, 0.1) is 0 Å². The van der Waals surface area contributed by atoms with Gasteiger partial charge in [0.1, 0.15) is 0 Å². The molecule has 18 heavy (non-hydrogen) atoms. The van der Waals surface area contributed by atoms with E-state index in [1.54, 1.807) is 0 Å². The highest BCUT2D eigenvalue weighted by Crippen LogP contribution is 2.16. The van der Waals surface area contributed by atoms with Crippen molar-refractivity contribution in [3.05, 3.63) is 0 Å². The second-order valence-corrected chi connectivity index (χ2v) is 5.67. The summed E-state index contributed by atoms with van der Waals surface area (Å²) < 4.78 is 11.0. The van der Waals surface area contributed by atoms with E-state index in [0.717, 1.165) is 32.5 Å². The van der Waals surface area contributed by atoms with Crippen LogP contribution >= 0.6 is 0 Å². The lowest BCUT2D eigenvalue weighted by Gasteiger charge is -2.34. The maximum Gasteiger partial charge on any atom is 0.0900 e. The van der Waals surface area contributed by atoms with E-state index in [0.29, 0.717) is 19.3 Å². The Labute approximate surface area is 110 Å². The van der Waals surface area contributed by atoms with Crippen LogP contribution in [0.5, 0.6) is 0 Å². The van der Waals surface area contributed by atoms with Crippen molar-refractivity contribution in [2.45, 2.75) is 57.3 Å². The standard InChI is InChI=1S/C14H27NO3/c1-12-5-2-3-7-15(12)9-13(16)10-17-11-14-6-4-8-18-14/h12-14,16H,2-11H2,1H3. The van der Waals surface area contributed by atoms with Crippen molar-refractivity contribution in [3.8, 4) is 0 Å². The normalized spacial score (nSPS) is 31.7. The van der Waals surface area contributed by atoms with Crippen LogP contribution in [0.3, 0.4) is 0 Å². The van der Waals surface area contributed by atoms with Gasteiger partial charge in [0.25, 0.3) is 0 Å². The number of piperidine rings is 1. The van der Waals surface area contributed by atoms with Crippen LogP contribution in [-0.2, 0) is 9.47 Å². The molecule has 2 rings (SSSR count). The maximum atomic E-state index is 9.99. The summed E-state index contributed by atoms with van der Waals surface area (Å²) in [6.45, 7) is 6.04. The molecule has 2 fully saturated rings. The fraction of sp³-hybridized carbons (Fsp3) is 1.00. The molecule has 1 N–H and O–H groups in total. The minimum absolute atomic E-state index is 0.256. The molecule has 0 saturated carbocycles. The molecule has 3 atom stereocenters. The molecule has 0 aromatic heterocycles. The summed E-state index contributed by atoms with van der Waals surface area (Å²) in [4.78, 5) is 2.38. The van der Waals surface area contributed by atoms with Crippen molar-refractivity contribution in [1.82, 2.24) is 4.90 Å². The van der Waals surface area contributed by atoms with Gasteiger partial charge in [-0.2, -0.15) is 0 Å². The molecule has 2 aliphatic rings. The van der Waals surface area contributed by atoms with Gasteiger partial charge >= 0.3 is 0 Å². The molecule has 0 aromatic carbocycles. The molecule has 0 aliphatic carbocycles. The lowest BCUT2D eigenvalue weighted by molar-refractivity contribution is -0.0303. The number of nitrogens with zero attached hydrogens (tertiary/aromatic N) is 1. The minimum atomic E-state index is -0.369. The first-order valence-electron chi connectivity index (χ1n) is 7.37. The Morgan fingerprint density at radius 3 is 2.94 bits per heavy atom. The summed E-state index contributed by atoms with van der Waals surface area (Å²) in [7, 11) is 0. The molecule has 2 aliphatic heterocycles. The maximum absolute atomic E-state index is 9.99. The highest BCUT2D eigenvalue weighted by Gasteiger charge is 2.21. The van der Waals surface area contributed by atoms with E-state index < -0.39 is 0 Å². The van der Waals surface area contributed by atoms with Crippen LogP contribution in [-0.4, -0.2) is 61.2 Å². The molecule has 0 amide bonds. The van der Waals surface area contributed by atoms with Gasteiger partial charge in [0.05, 0.1) is 25.4 Å². The zero-order valence-electron chi connectivity index (χ0n) is 11.5. The third-order valence-corrected chi connectivity index (χ3v) is 4.02. The first-order valence-corrected chi connectivity index (χ1v) is 7.37. The summed E-state index contributed by atoms with van der Waals surface area (Å²) in [5, 5.41) is 9.99. The van der Waals surface area contributed by atoms with E-state index in [-0.39, 0.29) is 12.2 Å². The SMILES string of the molecule is CC1CCCCN1CC(O)COCC1CCCO1. The van der Waals surface area contributed by atoms with Gasteiger partial charge in [0.2, 0.25) is 0 Å². The molecule has 0 aromatic rings. The number of hydrogen-bond donors (Lipinski definition) is 1. The number of aliphatic hydroxyl groups excluding tert-OH is 1. The molecule has 4 heteroatoms. The number of likely N-dealkylation sites (tertiary alicyclic amines) is 1. The third kappa shape index (κ3) is 4.50. The highest BCUT2D eigenvalue weighted by atomic mass is 16.5. The Hall–Kier alpha value is -0.160. The van der Waals surface area contributed by atoms with E-state index in [1.807, 2.05) is 0 Å². The van der Waals surface area contributed by atoms with Gasteiger partial charge in [-0.05, 0) is 39.2 Å². The molecule has 0 spiro atoms. The first kappa shape index (κ1) is 14.3. The molecule has 2 saturated heterocycles. The number of hydrogen-bond acceptors (Lipinski definition) is 4. The van der Waals surface area contributed by atoms with Crippen LogP contribution in [0.4, 0.5) is 0 Å². The van der Waals surface area contributed by atoms with Crippen LogP contribution in [0.1, 0.15) is 39.0 Å². The number of β-amino-alcohol motifs (C(OH)–C–C–N with tert-alkyl or cyclic N) is 1. The van der Waals surface area contributed by atoms with Gasteiger partial charge in [0, 0.05) is 19.2 Å². The fourth-order valence-corrected chi connectivity index (χ4v) is 2.86. The topological polar surface area (TPSA) is 41.9 Å². The largest absolute Gasteiger partial charge is 0.389 e. The van der Waals surface area contributed by atoms with Crippen LogP contribution in [0.15, 0.2) is 0 Å². The third-order valence-electron chi connectivity index (χ3n) is 4.02. The molecule has 2 heterocycles. The predicted molar refractivity (Wildman–Crippen MR) is 70.7 cm³/mol. The molecule has 4 nitrogen and oxygen atoms in total. The Morgan fingerprint density at radius 1 is 1.33 bits per heavy atom. The zero-order valence-corrected chi connectivity index (χ0v) is 11.5. The van der Waals surface area contributed by atoms with Crippen LogP contribution < -0.4 is 0 Å². The fourth-order valence-electron chi connectivity index (χ4n) is 2.86. The van der Waals surface area contributed by atoms with E-state index in [1.165, 1.54) is 19.3 Å². The van der Waals surface area contributed by atoms with Crippen molar-refractivity contribution in [2.75, 3.05) is 32.9 Å². The Balaban J connectivity index is 1.57. The van der Waals surface area contributed by atoms with Gasteiger partial charge in [-0.1, -0.05) is 6.42 Å². The monoisotopic (exact) mass is 257 g/mol. The first-order chi connectivity index (χ1) is 8.75. The van der Waals surface area contributed by atoms with Crippen molar-refractivity contribution in [2.24, 2.45) is 0 Å². The molecule has 106 valence electrons.